The lowest BCUT2D eigenvalue weighted by molar-refractivity contribution is 0.0240. The molecular weight excluding hydrogens is 311 g/mol. The van der Waals surface area contributed by atoms with Gasteiger partial charge in [0.15, 0.2) is 0 Å². The summed E-state index contributed by atoms with van der Waals surface area (Å²) in [7, 11) is 0. The molecule has 0 aromatic heterocycles. The van der Waals surface area contributed by atoms with E-state index < -0.39 is 0 Å². The molecule has 0 spiro atoms. The van der Waals surface area contributed by atoms with Crippen LogP contribution in [-0.4, -0.2) is 61.9 Å². The standard InChI is InChI=1S/C18H25FN2O3/c19-17-3-1-15(2-4-17)13-20-7-9-21(10-8-20)18(22)24-14-16-5-11-23-12-6-16/h1-4,16H,5-14H2. The topological polar surface area (TPSA) is 42.0 Å². The SMILES string of the molecule is O=C(OCC1CCOCC1)N1CCN(Cc2ccc(F)cc2)CC1. The predicted octanol–water partition coefficient (Wildman–Crippen LogP) is 2.51. The summed E-state index contributed by atoms with van der Waals surface area (Å²) in [6.07, 6.45) is 1.74. The Hall–Kier alpha value is -1.66. The molecule has 2 aliphatic rings. The van der Waals surface area contributed by atoms with Crippen LogP contribution in [0.25, 0.3) is 0 Å². The summed E-state index contributed by atoms with van der Waals surface area (Å²) in [5.41, 5.74) is 1.09. The van der Waals surface area contributed by atoms with Crippen molar-refractivity contribution in [2.75, 3.05) is 46.0 Å². The fraction of sp³-hybridized carbons (Fsp3) is 0.611. The zero-order chi connectivity index (χ0) is 16.8. The number of rotatable bonds is 4. The lowest BCUT2D eigenvalue weighted by Crippen LogP contribution is -2.48. The smallest absolute Gasteiger partial charge is 0.409 e. The van der Waals surface area contributed by atoms with Gasteiger partial charge in [-0.2, -0.15) is 0 Å². The van der Waals surface area contributed by atoms with Crippen LogP contribution in [0.5, 0.6) is 0 Å². The highest BCUT2D eigenvalue weighted by molar-refractivity contribution is 5.67. The highest BCUT2D eigenvalue weighted by atomic mass is 19.1. The summed E-state index contributed by atoms with van der Waals surface area (Å²) in [6.45, 7) is 5.78. The minimum atomic E-state index is -0.212. The molecule has 1 aromatic carbocycles. The van der Waals surface area contributed by atoms with Gasteiger partial charge in [-0.15, -0.1) is 0 Å². The maximum atomic E-state index is 12.9. The van der Waals surface area contributed by atoms with E-state index in [1.165, 1.54) is 12.1 Å². The highest BCUT2D eigenvalue weighted by Gasteiger charge is 2.23. The van der Waals surface area contributed by atoms with Gasteiger partial charge in [-0.1, -0.05) is 12.1 Å². The minimum Gasteiger partial charge on any atom is -0.449 e. The Bertz CT molecular complexity index is 524. The summed E-state index contributed by atoms with van der Waals surface area (Å²) in [6, 6.07) is 6.59. The maximum Gasteiger partial charge on any atom is 0.409 e. The second-order valence-electron chi connectivity index (χ2n) is 6.52. The zero-order valence-electron chi connectivity index (χ0n) is 14.0. The molecule has 0 unspecified atom stereocenters. The van der Waals surface area contributed by atoms with Crippen LogP contribution in [0, 0.1) is 11.7 Å². The van der Waals surface area contributed by atoms with Crippen LogP contribution in [-0.2, 0) is 16.0 Å². The van der Waals surface area contributed by atoms with Gasteiger partial charge < -0.3 is 14.4 Å². The first-order chi connectivity index (χ1) is 11.7. The van der Waals surface area contributed by atoms with Crippen LogP contribution in [0.3, 0.4) is 0 Å². The van der Waals surface area contributed by atoms with E-state index in [0.29, 0.717) is 25.6 Å². The van der Waals surface area contributed by atoms with Gasteiger partial charge >= 0.3 is 6.09 Å². The molecule has 2 saturated heterocycles. The van der Waals surface area contributed by atoms with Gasteiger partial charge in [-0.3, -0.25) is 4.90 Å². The average molecular weight is 336 g/mol. The normalized spacial score (nSPS) is 20.1. The van der Waals surface area contributed by atoms with E-state index in [-0.39, 0.29) is 11.9 Å². The Labute approximate surface area is 142 Å². The predicted molar refractivity (Wildman–Crippen MR) is 88.1 cm³/mol. The molecular formula is C18H25FN2O3. The summed E-state index contributed by atoms with van der Waals surface area (Å²) in [5.74, 6) is 0.221. The number of benzene rings is 1. The Morgan fingerprint density at radius 1 is 1.12 bits per heavy atom. The number of nitrogens with zero attached hydrogens (tertiary/aromatic N) is 2. The molecule has 132 valence electrons. The van der Waals surface area contributed by atoms with Crippen molar-refractivity contribution in [3.05, 3.63) is 35.6 Å². The summed E-state index contributed by atoms with van der Waals surface area (Å²) < 4.78 is 23.7. The number of carbonyl (C=O) groups excluding carboxylic acids is 1. The van der Waals surface area contributed by atoms with Crippen molar-refractivity contribution < 1.29 is 18.7 Å². The van der Waals surface area contributed by atoms with Crippen LogP contribution in [0.4, 0.5) is 9.18 Å². The molecule has 2 heterocycles. The van der Waals surface area contributed by atoms with E-state index in [4.69, 9.17) is 9.47 Å². The van der Waals surface area contributed by atoms with E-state index in [2.05, 4.69) is 4.90 Å². The molecule has 0 saturated carbocycles. The van der Waals surface area contributed by atoms with E-state index in [1.807, 2.05) is 12.1 Å². The lowest BCUT2D eigenvalue weighted by Gasteiger charge is -2.34. The molecule has 3 rings (SSSR count). The fourth-order valence-corrected chi connectivity index (χ4v) is 3.13. The van der Waals surface area contributed by atoms with Crippen molar-refractivity contribution in [1.82, 2.24) is 9.80 Å². The largest absolute Gasteiger partial charge is 0.449 e. The fourth-order valence-electron chi connectivity index (χ4n) is 3.13. The first-order valence-corrected chi connectivity index (χ1v) is 8.67. The third-order valence-electron chi connectivity index (χ3n) is 4.73. The molecule has 1 amide bonds. The molecule has 1 aromatic rings. The van der Waals surface area contributed by atoms with Gasteiger partial charge in [0.2, 0.25) is 0 Å². The van der Waals surface area contributed by atoms with Crippen LogP contribution >= 0.6 is 0 Å². The molecule has 0 radical (unpaired) electrons. The molecule has 0 atom stereocenters. The van der Waals surface area contributed by atoms with Gasteiger partial charge in [-0.25, -0.2) is 9.18 Å². The lowest BCUT2D eigenvalue weighted by atomic mass is 10.0. The van der Waals surface area contributed by atoms with Crippen molar-refractivity contribution in [3.8, 4) is 0 Å². The van der Waals surface area contributed by atoms with Gasteiger partial charge in [0.05, 0.1) is 6.61 Å². The molecule has 5 nitrogen and oxygen atoms in total. The average Bonchev–Trinajstić information content (AvgIpc) is 2.63. The third-order valence-corrected chi connectivity index (χ3v) is 4.73. The number of amides is 1. The first-order valence-electron chi connectivity index (χ1n) is 8.67. The van der Waals surface area contributed by atoms with Crippen molar-refractivity contribution in [3.63, 3.8) is 0 Å². The number of piperazine rings is 1. The Morgan fingerprint density at radius 2 is 1.79 bits per heavy atom. The van der Waals surface area contributed by atoms with Crippen molar-refractivity contribution in [2.24, 2.45) is 5.92 Å². The van der Waals surface area contributed by atoms with E-state index in [0.717, 1.165) is 51.3 Å². The van der Waals surface area contributed by atoms with Crippen LogP contribution in [0.2, 0.25) is 0 Å². The number of hydrogen-bond donors (Lipinski definition) is 0. The van der Waals surface area contributed by atoms with Crippen molar-refractivity contribution in [1.29, 1.82) is 0 Å². The number of ether oxygens (including phenoxy) is 2. The van der Waals surface area contributed by atoms with Crippen molar-refractivity contribution in [2.45, 2.75) is 19.4 Å². The number of carbonyl (C=O) groups is 1. The molecule has 0 aliphatic carbocycles. The number of halogens is 1. The zero-order valence-corrected chi connectivity index (χ0v) is 14.0. The molecule has 0 N–H and O–H groups in total. The monoisotopic (exact) mass is 336 g/mol. The summed E-state index contributed by atoms with van der Waals surface area (Å²) >= 11 is 0. The second-order valence-corrected chi connectivity index (χ2v) is 6.52. The molecule has 2 fully saturated rings. The molecule has 2 aliphatic heterocycles. The summed E-state index contributed by atoms with van der Waals surface area (Å²) in [5, 5.41) is 0. The summed E-state index contributed by atoms with van der Waals surface area (Å²) in [4.78, 5) is 16.2. The van der Waals surface area contributed by atoms with E-state index in [1.54, 1.807) is 4.90 Å². The second kappa shape index (κ2) is 8.44. The minimum absolute atomic E-state index is 0.206. The van der Waals surface area contributed by atoms with Gasteiger partial charge in [0.25, 0.3) is 0 Å². The number of hydrogen-bond acceptors (Lipinski definition) is 4. The van der Waals surface area contributed by atoms with Crippen LogP contribution in [0.15, 0.2) is 24.3 Å². The Morgan fingerprint density at radius 3 is 2.46 bits per heavy atom. The van der Waals surface area contributed by atoms with Gasteiger partial charge in [-0.05, 0) is 36.5 Å². The van der Waals surface area contributed by atoms with E-state index >= 15 is 0 Å². The highest BCUT2D eigenvalue weighted by Crippen LogP contribution is 2.16. The van der Waals surface area contributed by atoms with Gasteiger partial charge in [0.1, 0.15) is 5.82 Å². The third kappa shape index (κ3) is 4.92. The van der Waals surface area contributed by atoms with E-state index in [9.17, 15) is 9.18 Å². The molecule has 24 heavy (non-hydrogen) atoms. The Kier molecular flexibility index (Phi) is 6.04. The quantitative estimate of drug-likeness (QED) is 0.847. The first kappa shape index (κ1) is 17.2. The molecule has 6 heteroatoms. The van der Waals surface area contributed by atoms with Crippen LogP contribution in [0.1, 0.15) is 18.4 Å². The maximum absolute atomic E-state index is 12.9. The van der Waals surface area contributed by atoms with Crippen molar-refractivity contribution >= 4 is 6.09 Å². The van der Waals surface area contributed by atoms with Crippen LogP contribution < -0.4 is 0 Å². The Balaban J connectivity index is 1.37. The van der Waals surface area contributed by atoms with Gasteiger partial charge in [0, 0.05) is 45.9 Å². The molecule has 0 bridgehead atoms.